The van der Waals surface area contributed by atoms with Gasteiger partial charge in [-0.25, -0.2) is 18.6 Å². The summed E-state index contributed by atoms with van der Waals surface area (Å²) in [5, 5.41) is 22.3. The quantitative estimate of drug-likeness (QED) is 0.163. The average Bonchev–Trinajstić information content (AvgIpc) is 3.97. The van der Waals surface area contributed by atoms with E-state index in [2.05, 4.69) is 47.9 Å². The molecule has 1 spiro atoms. The summed E-state index contributed by atoms with van der Waals surface area (Å²) >= 11 is 0. The minimum atomic E-state index is -1.43. The Balaban J connectivity index is 0.700. The molecule has 6 aliphatic rings. The molecule has 2 bridgehead atoms. The Morgan fingerprint density at radius 3 is 2.41 bits per heavy atom. The number of amides is 3. The fourth-order valence-corrected chi connectivity index (χ4v) is 11.2. The van der Waals surface area contributed by atoms with Gasteiger partial charge in [0.2, 0.25) is 5.91 Å². The van der Waals surface area contributed by atoms with E-state index in [9.17, 15) is 14.7 Å². The van der Waals surface area contributed by atoms with Gasteiger partial charge in [-0.15, -0.1) is 10.2 Å². The predicted octanol–water partition coefficient (Wildman–Crippen LogP) is 5.79. The Labute approximate surface area is 381 Å². The number of nitrogen functional groups attached to an aromatic ring is 1. The summed E-state index contributed by atoms with van der Waals surface area (Å²) in [5.74, 6) is -0.931. The topological polar surface area (TPSA) is 171 Å². The van der Waals surface area contributed by atoms with Gasteiger partial charge in [0.25, 0.3) is 0 Å². The predicted molar refractivity (Wildman–Crippen MR) is 246 cm³/mol. The number of carbonyl (C=O) groups is 2. The number of piperazine rings is 1. The molecule has 0 saturated carbocycles. The molecule has 2 unspecified atom stereocenters. The van der Waals surface area contributed by atoms with Crippen molar-refractivity contribution in [2.24, 2.45) is 0 Å². The number of benzene rings is 2. The number of urea groups is 1. The summed E-state index contributed by atoms with van der Waals surface area (Å²) in [7, 11) is 0. The van der Waals surface area contributed by atoms with Crippen molar-refractivity contribution in [3.8, 4) is 17.0 Å². The number of nitrogens with zero attached hydrogens (tertiary/aromatic N) is 9. The Morgan fingerprint density at radius 1 is 0.894 bits per heavy atom. The first-order valence-corrected chi connectivity index (χ1v) is 23.2. The van der Waals surface area contributed by atoms with Gasteiger partial charge in [-0.3, -0.25) is 19.9 Å². The maximum atomic E-state index is 16.7. The molecule has 0 radical (unpaired) electrons. The number of aromatic nitrogens is 4. The SMILES string of the molecule is CCc1cn(C2COC3(CCN(CC4(F)CCN(c5cc(N6C7CCC6CN(c6cc(-c8ccccc8O)nnc6N)C7)ccc5F)CC4)C3)OC2)c2ncc(N3CCC(=O)NC3=O)cc12. The van der Waals surface area contributed by atoms with Gasteiger partial charge in [-0.2, -0.15) is 0 Å². The number of aromatic hydroxyl groups is 1. The van der Waals surface area contributed by atoms with Gasteiger partial charge in [0, 0.05) is 106 Å². The van der Waals surface area contributed by atoms with Crippen molar-refractivity contribution in [3.05, 3.63) is 78.4 Å². The second-order valence-corrected chi connectivity index (χ2v) is 18.9. The molecule has 18 heteroatoms. The van der Waals surface area contributed by atoms with Crippen LogP contribution in [0.1, 0.15) is 57.1 Å². The lowest BCUT2D eigenvalue weighted by Gasteiger charge is -2.44. The van der Waals surface area contributed by atoms with Crippen LogP contribution in [0.5, 0.6) is 5.75 Å². The number of likely N-dealkylation sites (tertiary alicyclic amines) is 1. The van der Waals surface area contributed by atoms with Gasteiger partial charge in [0.15, 0.2) is 11.6 Å². The van der Waals surface area contributed by atoms with E-state index in [0.717, 1.165) is 47.2 Å². The van der Waals surface area contributed by atoms with E-state index in [0.29, 0.717) is 93.9 Å². The van der Waals surface area contributed by atoms with Crippen molar-refractivity contribution in [1.82, 2.24) is 30.0 Å². The zero-order chi connectivity index (χ0) is 45.3. The summed E-state index contributed by atoms with van der Waals surface area (Å²) in [5.41, 5.74) is 10.9. The lowest BCUT2D eigenvalue weighted by Crippen LogP contribution is -2.54. The molecule has 11 rings (SSSR count). The highest BCUT2D eigenvalue weighted by atomic mass is 19.1. The number of fused-ring (bicyclic) bond motifs is 3. The van der Waals surface area contributed by atoms with Crippen molar-refractivity contribution >= 4 is 51.5 Å². The molecule has 3 amide bonds. The molecular weight excluding hydrogens is 849 g/mol. The number of imide groups is 1. The van der Waals surface area contributed by atoms with Crippen LogP contribution in [0.2, 0.25) is 0 Å². The Kier molecular flexibility index (Phi) is 10.7. The maximum Gasteiger partial charge on any atom is 0.328 e. The van der Waals surface area contributed by atoms with E-state index in [-0.39, 0.29) is 61.4 Å². The fraction of sp³-hybridized carbons (Fsp3) is 0.479. The van der Waals surface area contributed by atoms with Crippen molar-refractivity contribution in [3.63, 3.8) is 0 Å². The molecule has 66 heavy (non-hydrogen) atoms. The smallest absolute Gasteiger partial charge is 0.328 e. The van der Waals surface area contributed by atoms with Crippen molar-refractivity contribution < 1.29 is 33.0 Å². The molecule has 6 aliphatic heterocycles. The number of hydrogen-bond donors (Lipinski definition) is 3. The highest BCUT2D eigenvalue weighted by Crippen LogP contribution is 2.42. The number of phenolic OH excluding ortho intramolecular Hbond substituents is 1. The van der Waals surface area contributed by atoms with E-state index >= 15 is 8.78 Å². The molecule has 6 fully saturated rings. The van der Waals surface area contributed by atoms with Gasteiger partial charge >= 0.3 is 6.03 Å². The third-order valence-corrected chi connectivity index (χ3v) is 14.8. The number of hydrogen-bond acceptors (Lipinski definition) is 13. The number of alkyl halides is 1. The monoisotopic (exact) mass is 903 g/mol. The number of carbonyl (C=O) groups excluding carboxylic acids is 2. The Bertz CT molecular complexity index is 2670. The van der Waals surface area contributed by atoms with Crippen molar-refractivity contribution in [2.75, 3.05) is 90.9 Å². The summed E-state index contributed by atoms with van der Waals surface area (Å²) in [4.78, 5) is 39.3. The molecule has 4 N–H and O–H groups in total. The molecule has 346 valence electrons. The first-order chi connectivity index (χ1) is 31.9. The Hall–Kier alpha value is -6.11. The molecule has 16 nitrogen and oxygen atoms in total. The molecular formula is C48H55F2N11O5. The lowest BCUT2D eigenvalue weighted by atomic mass is 9.92. The largest absolute Gasteiger partial charge is 0.507 e. The Morgan fingerprint density at radius 2 is 1.67 bits per heavy atom. The number of aryl methyl sites for hydroxylation is 1. The molecule has 3 aromatic heterocycles. The van der Waals surface area contributed by atoms with E-state index in [1.165, 1.54) is 0 Å². The number of para-hydroxylation sites is 1. The number of piperidine rings is 1. The van der Waals surface area contributed by atoms with E-state index in [4.69, 9.17) is 20.2 Å². The zero-order valence-electron chi connectivity index (χ0n) is 37.0. The average molecular weight is 904 g/mol. The van der Waals surface area contributed by atoms with E-state index < -0.39 is 17.5 Å². The number of rotatable bonds is 9. The van der Waals surface area contributed by atoms with Crippen LogP contribution in [0.4, 0.5) is 42.1 Å². The maximum absolute atomic E-state index is 16.7. The number of pyridine rings is 1. The van der Waals surface area contributed by atoms with Gasteiger partial charge in [0.1, 0.15) is 22.9 Å². The zero-order valence-corrected chi connectivity index (χ0v) is 37.0. The third kappa shape index (κ3) is 7.71. The van der Waals surface area contributed by atoms with Crippen LogP contribution in [0.3, 0.4) is 0 Å². The number of nitrogens with one attached hydrogen (secondary N) is 1. The summed E-state index contributed by atoms with van der Waals surface area (Å²) < 4.78 is 47.5. The van der Waals surface area contributed by atoms with Gasteiger partial charge < -0.3 is 39.6 Å². The molecule has 2 atom stereocenters. The number of halogens is 2. The van der Waals surface area contributed by atoms with Crippen LogP contribution in [0.25, 0.3) is 22.3 Å². The highest BCUT2D eigenvalue weighted by molar-refractivity contribution is 6.06. The van der Waals surface area contributed by atoms with Gasteiger partial charge in [0.05, 0.1) is 54.8 Å². The van der Waals surface area contributed by atoms with Crippen LogP contribution < -0.4 is 30.7 Å². The minimum Gasteiger partial charge on any atom is -0.507 e. The standard InChI is InChI=1S/C48H55F2N11O5/c1-2-30-23-60(45-37(30)19-34(22-52-45)59-15-11-43(63)53-46(59)64)35-26-65-48(66-27-35)14-16-56(29-48)28-47(50)12-17-57(18-13-47)40-20-31(9-10-38(40)49)61-32-7-8-33(61)25-58(24-32)41-21-39(54-55-44(41)51)36-5-3-4-6-42(36)62/h3-6,9-10,19-23,32-33,35,62H,2,7-8,11-18,24-29H2,1H3,(H2,51,55)(H,53,63,64). The summed E-state index contributed by atoms with van der Waals surface area (Å²) in [6, 6.07) is 16.0. The lowest BCUT2D eigenvalue weighted by molar-refractivity contribution is -0.270. The molecule has 5 aromatic rings. The van der Waals surface area contributed by atoms with Crippen LogP contribution in [0, 0.1) is 5.82 Å². The second kappa shape index (κ2) is 16.6. The van der Waals surface area contributed by atoms with Gasteiger partial charge in [-0.05, 0) is 67.3 Å². The third-order valence-electron chi connectivity index (χ3n) is 14.8. The first-order valence-electron chi connectivity index (χ1n) is 23.2. The van der Waals surface area contributed by atoms with E-state index in [1.54, 1.807) is 35.4 Å². The summed E-state index contributed by atoms with van der Waals surface area (Å²) in [6.45, 7) is 6.82. The second-order valence-electron chi connectivity index (χ2n) is 18.9. The van der Waals surface area contributed by atoms with Crippen LogP contribution in [0.15, 0.2) is 67.0 Å². The van der Waals surface area contributed by atoms with Gasteiger partial charge in [-0.1, -0.05) is 19.1 Å². The number of ether oxygens (including phenoxy) is 2. The number of anilines is 5. The molecule has 6 saturated heterocycles. The van der Waals surface area contributed by atoms with Crippen LogP contribution >= 0.6 is 0 Å². The first kappa shape index (κ1) is 42.5. The normalized spacial score (nSPS) is 25.7. The molecule has 0 aliphatic carbocycles. The number of phenols is 1. The minimum absolute atomic E-state index is 0.119. The number of nitrogens with two attached hydrogens (primary N) is 1. The fourth-order valence-electron chi connectivity index (χ4n) is 11.2. The molecule has 9 heterocycles. The summed E-state index contributed by atoms with van der Waals surface area (Å²) in [6.07, 6.45) is 7.93. The van der Waals surface area contributed by atoms with E-state index in [1.807, 2.05) is 35.2 Å². The van der Waals surface area contributed by atoms with Crippen LogP contribution in [-0.4, -0.2) is 131 Å². The van der Waals surface area contributed by atoms with Crippen LogP contribution in [-0.2, 0) is 20.7 Å². The molecule has 2 aromatic carbocycles. The van der Waals surface area contributed by atoms with Crippen molar-refractivity contribution in [1.29, 1.82) is 0 Å². The van der Waals surface area contributed by atoms with Crippen molar-refractivity contribution in [2.45, 2.75) is 81.5 Å². The highest BCUT2D eigenvalue weighted by Gasteiger charge is 2.48.